The summed E-state index contributed by atoms with van der Waals surface area (Å²) in [6, 6.07) is 0. The second kappa shape index (κ2) is 17.6. The fraction of sp³-hybridized carbons (Fsp3) is 0.783. The molecule has 1 aliphatic heterocycles. The van der Waals surface area contributed by atoms with Gasteiger partial charge in [0.1, 0.15) is 0 Å². The third-order valence-electron chi connectivity index (χ3n) is 4.80. The zero-order valence-electron chi connectivity index (χ0n) is 20.9. The SMILES string of the molecule is C=C(/C=C(\C)C(C)(C)COCCOC)NC(=O)C(C)(C)SC1CCOCC1.CC.O.O.[HH]. The Morgan fingerprint density at radius 2 is 1.74 bits per heavy atom. The highest BCUT2D eigenvalue weighted by atomic mass is 32.2. The zero-order valence-corrected chi connectivity index (χ0v) is 21.7. The summed E-state index contributed by atoms with van der Waals surface area (Å²) in [5.74, 6) is -0.0119. The van der Waals surface area contributed by atoms with Crippen molar-refractivity contribution < 1.29 is 31.4 Å². The molecule has 0 aromatic rings. The third kappa shape index (κ3) is 14.0. The van der Waals surface area contributed by atoms with Gasteiger partial charge in [0.25, 0.3) is 0 Å². The largest absolute Gasteiger partial charge is 0.412 e. The number of nitrogens with one attached hydrogen (secondary N) is 1. The molecule has 0 bridgehead atoms. The number of methoxy groups -OCH3 is 1. The van der Waals surface area contributed by atoms with E-state index in [4.69, 9.17) is 14.2 Å². The van der Waals surface area contributed by atoms with Gasteiger partial charge in [-0.15, -0.1) is 11.8 Å². The van der Waals surface area contributed by atoms with Crippen LogP contribution >= 0.6 is 11.8 Å². The van der Waals surface area contributed by atoms with Gasteiger partial charge in [0.15, 0.2) is 0 Å². The fourth-order valence-electron chi connectivity index (χ4n) is 2.64. The quantitative estimate of drug-likeness (QED) is 0.368. The fourth-order valence-corrected chi connectivity index (χ4v) is 4.06. The Balaban J connectivity index is -0.000000761. The molecule has 1 fully saturated rings. The van der Waals surface area contributed by atoms with Crippen LogP contribution in [0.25, 0.3) is 0 Å². The van der Waals surface area contributed by atoms with Crippen molar-refractivity contribution in [1.29, 1.82) is 0 Å². The molecule has 1 heterocycles. The molecule has 0 radical (unpaired) electrons. The van der Waals surface area contributed by atoms with Gasteiger partial charge in [-0.2, -0.15) is 0 Å². The molecule has 1 amide bonds. The van der Waals surface area contributed by atoms with Crippen LogP contribution in [0.1, 0.15) is 62.7 Å². The Labute approximate surface area is 195 Å². The Morgan fingerprint density at radius 1 is 1.19 bits per heavy atom. The number of allylic oxidation sites excluding steroid dienone is 1. The van der Waals surface area contributed by atoms with Crippen molar-refractivity contribution in [2.75, 3.05) is 40.1 Å². The lowest BCUT2D eigenvalue weighted by Crippen LogP contribution is -2.41. The van der Waals surface area contributed by atoms with E-state index >= 15 is 0 Å². The first kappa shape index (κ1) is 34.7. The van der Waals surface area contributed by atoms with Gasteiger partial charge in [0.05, 0.1) is 24.6 Å². The Morgan fingerprint density at radius 3 is 2.26 bits per heavy atom. The summed E-state index contributed by atoms with van der Waals surface area (Å²) in [7, 11) is 1.66. The average molecular weight is 468 g/mol. The lowest BCUT2D eigenvalue weighted by Gasteiger charge is -2.31. The van der Waals surface area contributed by atoms with Gasteiger partial charge < -0.3 is 30.5 Å². The van der Waals surface area contributed by atoms with Crippen LogP contribution in [-0.2, 0) is 19.0 Å². The summed E-state index contributed by atoms with van der Waals surface area (Å²) in [6.07, 6.45) is 3.93. The van der Waals surface area contributed by atoms with E-state index in [-0.39, 0.29) is 23.7 Å². The van der Waals surface area contributed by atoms with E-state index in [0.717, 1.165) is 31.6 Å². The van der Waals surface area contributed by atoms with Gasteiger partial charge >= 0.3 is 0 Å². The zero-order chi connectivity index (χ0) is 22.5. The molecule has 0 unspecified atom stereocenters. The molecule has 1 aliphatic rings. The molecular formula is C23H49NO6S. The van der Waals surface area contributed by atoms with Crippen molar-refractivity contribution in [3.05, 3.63) is 23.9 Å². The molecule has 0 aliphatic carbocycles. The van der Waals surface area contributed by atoms with Crippen molar-refractivity contribution in [1.82, 2.24) is 5.32 Å². The van der Waals surface area contributed by atoms with Crippen LogP contribution in [0.2, 0.25) is 0 Å². The maximum absolute atomic E-state index is 12.7. The van der Waals surface area contributed by atoms with Crippen LogP contribution in [0.15, 0.2) is 23.9 Å². The smallest absolute Gasteiger partial charge is 0.240 e. The van der Waals surface area contributed by atoms with Crippen molar-refractivity contribution in [2.24, 2.45) is 5.41 Å². The standard InChI is InChI=1S/C21H37NO4S.C2H6.2H2O.H2/c1-16(20(3,4)15-26-13-12-24-7)14-17(2)22-19(23)21(5,6)27-18-8-10-25-11-9-18;1-2;;;/h14,18H,2,8-13,15H2,1,3-7H3,(H,22,23);1-2H3;2*1H2;1H/b16-14+;;;;. The number of hydrogen-bond donors (Lipinski definition) is 1. The minimum Gasteiger partial charge on any atom is -0.412 e. The van der Waals surface area contributed by atoms with E-state index in [1.54, 1.807) is 18.9 Å². The molecule has 0 saturated carbocycles. The Hall–Kier alpha value is -0.900. The molecule has 0 aromatic carbocycles. The molecule has 1 saturated heterocycles. The maximum atomic E-state index is 12.7. The molecule has 0 atom stereocenters. The topological polar surface area (TPSA) is 120 Å². The maximum Gasteiger partial charge on any atom is 0.240 e. The van der Waals surface area contributed by atoms with Crippen LogP contribution in [0.5, 0.6) is 0 Å². The summed E-state index contributed by atoms with van der Waals surface area (Å²) in [5.41, 5.74) is 1.58. The lowest BCUT2D eigenvalue weighted by atomic mass is 9.85. The average Bonchev–Trinajstić information content (AvgIpc) is 2.67. The van der Waals surface area contributed by atoms with Crippen LogP contribution in [0.3, 0.4) is 0 Å². The molecule has 5 N–H and O–H groups in total. The molecule has 31 heavy (non-hydrogen) atoms. The van der Waals surface area contributed by atoms with E-state index in [1.807, 2.05) is 40.7 Å². The molecule has 0 spiro atoms. The van der Waals surface area contributed by atoms with Crippen molar-refractivity contribution >= 4 is 17.7 Å². The first-order valence-corrected chi connectivity index (χ1v) is 11.5. The highest BCUT2D eigenvalue weighted by molar-refractivity contribution is 8.01. The normalized spacial score (nSPS) is 15.0. The predicted octanol–water partition coefficient (Wildman–Crippen LogP) is 3.57. The summed E-state index contributed by atoms with van der Waals surface area (Å²) in [5, 5.41) is 3.43. The summed E-state index contributed by atoms with van der Waals surface area (Å²) in [4.78, 5) is 12.7. The molecule has 8 heteroatoms. The van der Waals surface area contributed by atoms with Gasteiger partial charge in [0, 0.05) is 38.1 Å². The predicted molar refractivity (Wildman–Crippen MR) is 134 cm³/mol. The monoisotopic (exact) mass is 467 g/mol. The Bertz CT molecular complexity index is 535. The first-order valence-electron chi connectivity index (χ1n) is 10.6. The van der Waals surface area contributed by atoms with Crippen LogP contribution in [0.4, 0.5) is 0 Å². The number of ether oxygens (including phenoxy) is 3. The highest BCUT2D eigenvalue weighted by Crippen LogP contribution is 2.34. The first-order chi connectivity index (χ1) is 13.6. The van der Waals surface area contributed by atoms with E-state index in [2.05, 4.69) is 25.7 Å². The van der Waals surface area contributed by atoms with E-state index in [1.165, 1.54) is 0 Å². The molecule has 7 nitrogen and oxygen atoms in total. The van der Waals surface area contributed by atoms with Crippen molar-refractivity contribution in [3.63, 3.8) is 0 Å². The summed E-state index contributed by atoms with van der Waals surface area (Å²) in [6.45, 7) is 21.5. The molecular weight excluding hydrogens is 418 g/mol. The van der Waals surface area contributed by atoms with Crippen LogP contribution in [-0.4, -0.2) is 67.0 Å². The highest BCUT2D eigenvalue weighted by Gasteiger charge is 2.32. The van der Waals surface area contributed by atoms with Crippen molar-refractivity contribution in [2.45, 2.75) is 71.3 Å². The van der Waals surface area contributed by atoms with E-state index < -0.39 is 4.75 Å². The van der Waals surface area contributed by atoms with Gasteiger partial charge in [-0.3, -0.25) is 4.79 Å². The Kier molecular flexibility index (Phi) is 19.7. The van der Waals surface area contributed by atoms with Gasteiger partial charge in [0.2, 0.25) is 5.91 Å². The summed E-state index contributed by atoms with van der Waals surface area (Å²) >= 11 is 1.73. The lowest BCUT2D eigenvalue weighted by molar-refractivity contribution is -0.121. The number of carbonyl (C=O) groups excluding carboxylic acids is 1. The van der Waals surface area contributed by atoms with Gasteiger partial charge in [-0.25, -0.2) is 0 Å². The number of amides is 1. The van der Waals surface area contributed by atoms with Crippen LogP contribution < -0.4 is 5.32 Å². The second-order valence-corrected chi connectivity index (χ2v) is 10.1. The van der Waals surface area contributed by atoms with Gasteiger partial charge in [-0.1, -0.05) is 39.8 Å². The number of hydrogen-bond acceptors (Lipinski definition) is 5. The second-order valence-electron chi connectivity index (χ2n) is 8.18. The number of thioether (sulfide) groups is 1. The summed E-state index contributed by atoms with van der Waals surface area (Å²) < 4.78 is 15.6. The van der Waals surface area contributed by atoms with E-state index in [9.17, 15) is 4.79 Å². The third-order valence-corrected chi connectivity index (χ3v) is 6.38. The van der Waals surface area contributed by atoms with Gasteiger partial charge in [-0.05, 0) is 39.7 Å². The van der Waals surface area contributed by atoms with E-state index in [0.29, 0.717) is 30.8 Å². The minimum atomic E-state index is -0.508. The number of carbonyl (C=O) groups is 1. The van der Waals surface area contributed by atoms with Crippen LogP contribution in [0, 0.1) is 5.41 Å². The molecule has 0 aromatic heterocycles. The molecule has 188 valence electrons. The minimum absolute atomic E-state index is 0. The molecule has 1 rings (SSSR count). The number of rotatable bonds is 11. The van der Waals surface area contributed by atoms with Crippen molar-refractivity contribution in [3.8, 4) is 0 Å².